The summed E-state index contributed by atoms with van der Waals surface area (Å²) in [6.07, 6.45) is 0.245. The van der Waals surface area contributed by atoms with Crippen molar-refractivity contribution in [2.24, 2.45) is 12.8 Å². The number of rotatable bonds is 5. The van der Waals surface area contributed by atoms with Crippen LogP contribution in [-0.2, 0) is 28.4 Å². The zero-order valence-corrected chi connectivity index (χ0v) is 12.4. The number of tetrazole rings is 1. The van der Waals surface area contributed by atoms with Gasteiger partial charge in [0.15, 0.2) is 5.82 Å². The van der Waals surface area contributed by atoms with E-state index in [2.05, 4.69) is 15.4 Å². The van der Waals surface area contributed by atoms with Crippen LogP contribution in [0.25, 0.3) is 0 Å². The third-order valence-electron chi connectivity index (χ3n) is 3.59. The van der Waals surface area contributed by atoms with E-state index in [9.17, 15) is 4.79 Å². The zero-order chi connectivity index (χ0) is 15.5. The molecule has 0 aliphatic heterocycles. The molecule has 2 rings (SSSR count). The molecule has 21 heavy (non-hydrogen) atoms. The second-order valence-corrected chi connectivity index (χ2v) is 4.96. The summed E-state index contributed by atoms with van der Waals surface area (Å²) in [7, 11) is 3.03. The van der Waals surface area contributed by atoms with Gasteiger partial charge in [-0.3, -0.25) is 4.79 Å². The van der Waals surface area contributed by atoms with Gasteiger partial charge in [-0.1, -0.05) is 24.3 Å². The van der Waals surface area contributed by atoms with Crippen molar-refractivity contribution in [2.75, 3.05) is 13.7 Å². The van der Waals surface area contributed by atoms with Crippen molar-refractivity contribution in [2.45, 2.75) is 18.8 Å². The summed E-state index contributed by atoms with van der Waals surface area (Å²) >= 11 is 0. The van der Waals surface area contributed by atoms with E-state index in [0.717, 1.165) is 11.1 Å². The summed E-state index contributed by atoms with van der Waals surface area (Å²) in [5.41, 5.74) is 6.74. The Balaban J connectivity index is 2.53. The molecule has 0 fully saturated rings. The van der Waals surface area contributed by atoms with Gasteiger partial charge in [0.2, 0.25) is 0 Å². The van der Waals surface area contributed by atoms with E-state index in [1.165, 1.54) is 11.9 Å². The number of hydrogen-bond acceptors (Lipinski definition) is 6. The normalized spacial score (nSPS) is 13.7. The fourth-order valence-electron chi connectivity index (χ4n) is 2.51. The predicted molar refractivity (Wildman–Crippen MR) is 76.4 cm³/mol. The monoisotopic (exact) mass is 289 g/mol. The van der Waals surface area contributed by atoms with E-state index in [1.54, 1.807) is 7.05 Å². The minimum Gasteiger partial charge on any atom is -0.468 e. The molecule has 0 radical (unpaired) electrons. The smallest absolute Gasteiger partial charge is 0.318 e. The molecule has 1 unspecified atom stereocenters. The number of aromatic nitrogens is 4. The number of esters is 1. The number of benzene rings is 1. The van der Waals surface area contributed by atoms with Crippen molar-refractivity contribution in [3.8, 4) is 0 Å². The number of ether oxygens (including phenoxy) is 1. The minimum absolute atomic E-state index is 0.1000. The molecule has 7 heteroatoms. The van der Waals surface area contributed by atoms with Crippen LogP contribution in [0.1, 0.15) is 17.0 Å². The molecule has 0 amide bonds. The van der Waals surface area contributed by atoms with E-state index in [4.69, 9.17) is 10.5 Å². The number of nitrogens with two attached hydrogens (primary N) is 1. The van der Waals surface area contributed by atoms with E-state index >= 15 is 0 Å². The average Bonchev–Trinajstić information content (AvgIpc) is 2.90. The topological polar surface area (TPSA) is 95.9 Å². The highest BCUT2D eigenvalue weighted by Crippen LogP contribution is 2.30. The number of carbonyl (C=O) groups is 1. The van der Waals surface area contributed by atoms with Crippen molar-refractivity contribution in [3.63, 3.8) is 0 Å². The molecule has 0 spiro atoms. The van der Waals surface area contributed by atoms with Crippen molar-refractivity contribution < 1.29 is 9.53 Å². The SMILES string of the molecule is COC(=O)C(CN)(Cc1nnn(C)n1)c1ccccc1C. The van der Waals surface area contributed by atoms with Gasteiger partial charge in [-0.15, -0.1) is 10.2 Å². The first-order chi connectivity index (χ1) is 10.0. The van der Waals surface area contributed by atoms with Gasteiger partial charge in [-0.2, -0.15) is 4.80 Å². The van der Waals surface area contributed by atoms with Crippen molar-refractivity contribution in [1.29, 1.82) is 0 Å². The lowest BCUT2D eigenvalue weighted by atomic mass is 9.75. The van der Waals surface area contributed by atoms with Gasteiger partial charge in [0.25, 0.3) is 0 Å². The van der Waals surface area contributed by atoms with Gasteiger partial charge < -0.3 is 10.5 Å². The predicted octanol–water partition coefficient (Wildman–Crippen LogP) is 0.131. The summed E-state index contributed by atoms with van der Waals surface area (Å²) in [4.78, 5) is 13.8. The van der Waals surface area contributed by atoms with Crippen LogP contribution >= 0.6 is 0 Å². The van der Waals surface area contributed by atoms with Gasteiger partial charge >= 0.3 is 5.97 Å². The molecule has 112 valence electrons. The third-order valence-corrected chi connectivity index (χ3v) is 3.59. The van der Waals surface area contributed by atoms with Crippen LogP contribution in [0.4, 0.5) is 0 Å². The first kappa shape index (κ1) is 15.1. The lowest BCUT2D eigenvalue weighted by Gasteiger charge is -2.30. The van der Waals surface area contributed by atoms with Gasteiger partial charge in [-0.05, 0) is 23.3 Å². The number of nitrogens with zero attached hydrogens (tertiary/aromatic N) is 4. The molecule has 0 saturated heterocycles. The Morgan fingerprint density at radius 3 is 2.67 bits per heavy atom. The van der Waals surface area contributed by atoms with E-state index in [1.807, 2.05) is 31.2 Å². The molecular formula is C14H19N5O2. The fourth-order valence-corrected chi connectivity index (χ4v) is 2.51. The molecule has 7 nitrogen and oxygen atoms in total. The molecule has 0 aliphatic carbocycles. The number of aryl methyl sites for hydroxylation is 2. The third kappa shape index (κ3) is 2.78. The largest absolute Gasteiger partial charge is 0.468 e. The highest BCUT2D eigenvalue weighted by molar-refractivity contribution is 5.84. The molecule has 2 N–H and O–H groups in total. The van der Waals surface area contributed by atoms with Gasteiger partial charge in [0.05, 0.1) is 14.2 Å². The van der Waals surface area contributed by atoms with Crippen LogP contribution in [0.5, 0.6) is 0 Å². The van der Waals surface area contributed by atoms with Crippen molar-refractivity contribution in [3.05, 3.63) is 41.2 Å². The van der Waals surface area contributed by atoms with E-state index < -0.39 is 11.4 Å². The highest BCUT2D eigenvalue weighted by atomic mass is 16.5. The molecule has 1 aromatic heterocycles. The summed E-state index contributed by atoms with van der Waals surface area (Å²) < 4.78 is 4.99. The fraction of sp³-hybridized carbons (Fsp3) is 0.429. The first-order valence-corrected chi connectivity index (χ1v) is 6.61. The average molecular weight is 289 g/mol. The Morgan fingerprint density at radius 2 is 2.14 bits per heavy atom. The maximum Gasteiger partial charge on any atom is 0.318 e. The minimum atomic E-state index is -1.01. The molecule has 0 saturated carbocycles. The Morgan fingerprint density at radius 1 is 1.43 bits per heavy atom. The Hall–Kier alpha value is -2.28. The van der Waals surface area contributed by atoms with Crippen molar-refractivity contribution >= 4 is 5.97 Å². The number of methoxy groups -OCH3 is 1. The molecule has 0 bridgehead atoms. The van der Waals surface area contributed by atoms with Gasteiger partial charge in [-0.25, -0.2) is 0 Å². The van der Waals surface area contributed by atoms with Gasteiger partial charge in [0.1, 0.15) is 5.41 Å². The summed E-state index contributed by atoms with van der Waals surface area (Å²) in [5, 5.41) is 11.9. The Kier molecular flexibility index (Phi) is 4.32. The summed E-state index contributed by atoms with van der Waals surface area (Å²) in [5.74, 6) is 0.0587. The van der Waals surface area contributed by atoms with Crippen molar-refractivity contribution in [1.82, 2.24) is 20.2 Å². The van der Waals surface area contributed by atoms with Crippen LogP contribution in [0.2, 0.25) is 0 Å². The molecular weight excluding hydrogens is 270 g/mol. The molecule has 0 aliphatic rings. The molecule has 1 heterocycles. The highest BCUT2D eigenvalue weighted by Gasteiger charge is 2.42. The molecule has 1 aromatic carbocycles. The second kappa shape index (κ2) is 6.01. The summed E-state index contributed by atoms with van der Waals surface area (Å²) in [6.45, 7) is 2.04. The Labute approximate surface area is 123 Å². The maximum atomic E-state index is 12.4. The number of hydrogen-bond donors (Lipinski definition) is 1. The first-order valence-electron chi connectivity index (χ1n) is 6.61. The lowest BCUT2D eigenvalue weighted by molar-refractivity contribution is -0.147. The van der Waals surface area contributed by atoms with Crippen LogP contribution < -0.4 is 5.73 Å². The van der Waals surface area contributed by atoms with Crippen LogP contribution in [0.15, 0.2) is 24.3 Å². The summed E-state index contributed by atoms with van der Waals surface area (Å²) in [6, 6.07) is 7.61. The maximum absolute atomic E-state index is 12.4. The van der Waals surface area contributed by atoms with E-state index in [0.29, 0.717) is 5.82 Å². The number of carbonyl (C=O) groups excluding carboxylic acids is 1. The zero-order valence-electron chi connectivity index (χ0n) is 12.4. The lowest BCUT2D eigenvalue weighted by Crippen LogP contribution is -2.46. The molecule has 2 aromatic rings. The molecule has 1 atom stereocenters. The van der Waals surface area contributed by atoms with Crippen LogP contribution in [-0.4, -0.2) is 39.8 Å². The quantitative estimate of drug-likeness (QED) is 0.786. The second-order valence-electron chi connectivity index (χ2n) is 4.96. The van der Waals surface area contributed by atoms with Crippen LogP contribution in [0, 0.1) is 6.92 Å². The van der Waals surface area contributed by atoms with Crippen LogP contribution in [0.3, 0.4) is 0 Å². The van der Waals surface area contributed by atoms with Gasteiger partial charge in [0, 0.05) is 13.0 Å². The standard InChI is InChI=1S/C14H19N5O2/c1-10-6-4-5-7-11(10)14(9-15,13(20)21-3)8-12-16-18-19(2)17-12/h4-7H,8-9,15H2,1-3H3. The van der Waals surface area contributed by atoms with E-state index in [-0.39, 0.29) is 13.0 Å². The Bertz CT molecular complexity index is 640.